The van der Waals surface area contributed by atoms with E-state index in [1.54, 1.807) is 0 Å². The van der Waals surface area contributed by atoms with Crippen molar-refractivity contribution in [1.82, 2.24) is 5.32 Å². The number of hydrogen-bond acceptors (Lipinski definition) is 5. The molecule has 1 unspecified atom stereocenters. The van der Waals surface area contributed by atoms with E-state index in [0.717, 1.165) is 18.7 Å². The SMILES string of the molecule is Cc1ccc(OCC(O)CNCCCOCCO)cc1. The van der Waals surface area contributed by atoms with Crippen LogP contribution in [0.1, 0.15) is 12.0 Å². The fraction of sp³-hybridized carbons (Fsp3) is 0.600. The van der Waals surface area contributed by atoms with Crippen LogP contribution in [0.25, 0.3) is 0 Å². The molecule has 0 spiro atoms. The molecule has 0 amide bonds. The first-order valence-electron chi connectivity index (χ1n) is 6.99. The van der Waals surface area contributed by atoms with Crippen LogP contribution in [0.15, 0.2) is 24.3 Å². The van der Waals surface area contributed by atoms with E-state index in [-0.39, 0.29) is 13.2 Å². The van der Waals surface area contributed by atoms with Gasteiger partial charge in [-0.05, 0) is 32.0 Å². The predicted molar refractivity (Wildman–Crippen MR) is 78.1 cm³/mol. The molecule has 3 N–H and O–H groups in total. The van der Waals surface area contributed by atoms with E-state index in [1.165, 1.54) is 5.56 Å². The van der Waals surface area contributed by atoms with Crippen molar-refractivity contribution in [2.45, 2.75) is 19.4 Å². The Bertz CT molecular complexity index is 342. The fourth-order valence-corrected chi connectivity index (χ4v) is 1.62. The lowest BCUT2D eigenvalue weighted by Gasteiger charge is -2.13. The molecular formula is C15H25NO4. The van der Waals surface area contributed by atoms with Crippen LogP contribution in [0.5, 0.6) is 5.75 Å². The molecule has 0 aliphatic carbocycles. The van der Waals surface area contributed by atoms with Crippen molar-refractivity contribution in [3.8, 4) is 5.75 Å². The number of nitrogens with one attached hydrogen (secondary N) is 1. The summed E-state index contributed by atoms with van der Waals surface area (Å²) in [5, 5.41) is 21.4. The molecule has 0 radical (unpaired) electrons. The lowest BCUT2D eigenvalue weighted by molar-refractivity contribution is 0.0875. The zero-order valence-corrected chi connectivity index (χ0v) is 12.0. The first kappa shape index (κ1) is 16.9. The van der Waals surface area contributed by atoms with Gasteiger partial charge in [-0.25, -0.2) is 0 Å². The highest BCUT2D eigenvalue weighted by Crippen LogP contribution is 2.11. The quantitative estimate of drug-likeness (QED) is 0.522. The number of aryl methyl sites for hydroxylation is 1. The molecule has 5 nitrogen and oxygen atoms in total. The molecule has 5 heteroatoms. The van der Waals surface area contributed by atoms with Crippen LogP contribution >= 0.6 is 0 Å². The van der Waals surface area contributed by atoms with Gasteiger partial charge in [0, 0.05) is 13.2 Å². The Morgan fingerprint density at radius 3 is 2.65 bits per heavy atom. The molecule has 0 saturated heterocycles. The van der Waals surface area contributed by atoms with E-state index in [0.29, 0.717) is 19.8 Å². The van der Waals surface area contributed by atoms with Gasteiger partial charge in [0.15, 0.2) is 0 Å². The summed E-state index contributed by atoms with van der Waals surface area (Å²) in [5.74, 6) is 0.770. The zero-order valence-electron chi connectivity index (χ0n) is 12.0. The minimum Gasteiger partial charge on any atom is -0.491 e. The summed E-state index contributed by atoms with van der Waals surface area (Å²) in [6, 6.07) is 7.75. The van der Waals surface area contributed by atoms with Gasteiger partial charge in [0.2, 0.25) is 0 Å². The maximum Gasteiger partial charge on any atom is 0.119 e. The Kier molecular flexibility index (Phi) is 8.98. The van der Waals surface area contributed by atoms with Crippen molar-refractivity contribution in [2.75, 3.05) is 39.5 Å². The molecule has 0 aliphatic heterocycles. The zero-order chi connectivity index (χ0) is 14.6. The van der Waals surface area contributed by atoms with Gasteiger partial charge in [0.25, 0.3) is 0 Å². The van der Waals surface area contributed by atoms with Gasteiger partial charge in [-0.1, -0.05) is 17.7 Å². The van der Waals surface area contributed by atoms with E-state index in [2.05, 4.69) is 5.32 Å². The molecule has 1 atom stereocenters. The molecule has 1 aromatic rings. The van der Waals surface area contributed by atoms with E-state index in [9.17, 15) is 5.11 Å². The molecule has 114 valence electrons. The van der Waals surface area contributed by atoms with Gasteiger partial charge < -0.3 is 25.0 Å². The normalized spacial score (nSPS) is 12.3. The molecule has 0 fully saturated rings. The third kappa shape index (κ3) is 8.12. The lowest BCUT2D eigenvalue weighted by Crippen LogP contribution is -2.32. The molecule has 1 rings (SSSR count). The van der Waals surface area contributed by atoms with Crippen LogP contribution < -0.4 is 10.1 Å². The Balaban J connectivity index is 2.00. The minimum atomic E-state index is -0.533. The summed E-state index contributed by atoms with van der Waals surface area (Å²) < 4.78 is 10.6. The van der Waals surface area contributed by atoms with E-state index < -0.39 is 6.10 Å². The second-order valence-electron chi connectivity index (χ2n) is 4.67. The molecule has 0 aromatic heterocycles. The highest BCUT2D eigenvalue weighted by molar-refractivity contribution is 5.26. The van der Waals surface area contributed by atoms with Gasteiger partial charge in [-0.15, -0.1) is 0 Å². The number of benzene rings is 1. The van der Waals surface area contributed by atoms with Gasteiger partial charge in [-0.3, -0.25) is 0 Å². The number of rotatable bonds is 11. The third-order valence-electron chi connectivity index (χ3n) is 2.72. The monoisotopic (exact) mass is 283 g/mol. The van der Waals surface area contributed by atoms with Crippen LogP contribution in [-0.2, 0) is 4.74 Å². The van der Waals surface area contributed by atoms with Gasteiger partial charge in [0.1, 0.15) is 18.5 Å². The van der Waals surface area contributed by atoms with Crippen LogP contribution in [0.3, 0.4) is 0 Å². The van der Waals surface area contributed by atoms with Crippen molar-refractivity contribution in [3.05, 3.63) is 29.8 Å². The summed E-state index contributed by atoms with van der Waals surface area (Å²) in [5.41, 5.74) is 1.18. The number of ether oxygens (including phenoxy) is 2. The van der Waals surface area contributed by atoms with Crippen molar-refractivity contribution in [3.63, 3.8) is 0 Å². The molecule has 1 aromatic carbocycles. The maximum absolute atomic E-state index is 9.75. The predicted octanol–water partition coefficient (Wildman–Crippen LogP) is 0.723. The second kappa shape index (κ2) is 10.6. The van der Waals surface area contributed by atoms with Crippen molar-refractivity contribution >= 4 is 0 Å². The van der Waals surface area contributed by atoms with Crippen LogP contribution in [-0.4, -0.2) is 55.8 Å². The van der Waals surface area contributed by atoms with E-state index in [4.69, 9.17) is 14.6 Å². The second-order valence-corrected chi connectivity index (χ2v) is 4.67. The van der Waals surface area contributed by atoms with Crippen molar-refractivity contribution in [2.24, 2.45) is 0 Å². The molecule has 0 aliphatic rings. The van der Waals surface area contributed by atoms with Gasteiger partial charge >= 0.3 is 0 Å². The van der Waals surface area contributed by atoms with E-state index in [1.807, 2.05) is 31.2 Å². The van der Waals surface area contributed by atoms with Crippen LogP contribution in [0.4, 0.5) is 0 Å². The van der Waals surface area contributed by atoms with Crippen molar-refractivity contribution in [1.29, 1.82) is 0 Å². The first-order chi connectivity index (χ1) is 9.72. The largest absolute Gasteiger partial charge is 0.491 e. The number of hydrogen-bond donors (Lipinski definition) is 3. The average Bonchev–Trinajstić information content (AvgIpc) is 2.46. The fourth-order valence-electron chi connectivity index (χ4n) is 1.62. The van der Waals surface area contributed by atoms with Crippen molar-refractivity contribution < 1.29 is 19.7 Å². The molecular weight excluding hydrogens is 258 g/mol. The average molecular weight is 283 g/mol. The van der Waals surface area contributed by atoms with Crippen LogP contribution in [0.2, 0.25) is 0 Å². The summed E-state index contributed by atoms with van der Waals surface area (Å²) in [4.78, 5) is 0. The molecule has 0 bridgehead atoms. The summed E-state index contributed by atoms with van der Waals surface area (Å²) >= 11 is 0. The first-order valence-corrected chi connectivity index (χ1v) is 6.99. The molecule has 20 heavy (non-hydrogen) atoms. The van der Waals surface area contributed by atoms with E-state index >= 15 is 0 Å². The maximum atomic E-state index is 9.75. The molecule has 0 heterocycles. The highest BCUT2D eigenvalue weighted by Gasteiger charge is 2.04. The Labute approximate surface area is 120 Å². The summed E-state index contributed by atoms with van der Waals surface area (Å²) in [7, 11) is 0. The summed E-state index contributed by atoms with van der Waals surface area (Å²) in [6.45, 7) is 4.61. The summed E-state index contributed by atoms with van der Waals surface area (Å²) in [6.07, 6.45) is 0.320. The third-order valence-corrected chi connectivity index (χ3v) is 2.72. The Hall–Kier alpha value is -1.14. The highest BCUT2D eigenvalue weighted by atomic mass is 16.5. The van der Waals surface area contributed by atoms with Crippen LogP contribution in [0, 0.1) is 6.92 Å². The minimum absolute atomic E-state index is 0.0580. The van der Waals surface area contributed by atoms with Gasteiger partial charge in [-0.2, -0.15) is 0 Å². The standard InChI is InChI=1S/C15H25NO4/c1-13-3-5-15(6-4-13)20-12-14(18)11-16-7-2-9-19-10-8-17/h3-6,14,16-18H,2,7-12H2,1H3. The number of aliphatic hydroxyl groups excluding tert-OH is 2. The topological polar surface area (TPSA) is 71.0 Å². The van der Waals surface area contributed by atoms with Gasteiger partial charge in [0.05, 0.1) is 13.2 Å². The Morgan fingerprint density at radius 1 is 1.20 bits per heavy atom. The number of aliphatic hydroxyl groups is 2. The molecule has 0 saturated carbocycles. The lowest BCUT2D eigenvalue weighted by atomic mass is 10.2. The Morgan fingerprint density at radius 2 is 1.95 bits per heavy atom. The smallest absolute Gasteiger partial charge is 0.119 e.